The van der Waals surface area contributed by atoms with Crippen LogP contribution in [-0.2, 0) is 16.1 Å². The molecule has 0 fully saturated rings. The van der Waals surface area contributed by atoms with Gasteiger partial charge in [-0.2, -0.15) is 13.2 Å². The van der Waals surface area contributed by atoms with Gasteiger partial charge >= 0.3 is 12.1 Å². The van der Waals surface area contributed by atoms with E-state index in [1.54, 1.807) is 14.2 Å². The van der Waals surface area contributed by atoms with Crippen LogP contribution in [0, 0.1) is 0 Å². The molecule has 37 heavy (non-hydrogen) atoms. The lowest BCUT2D eigenvalue weighted by molar-refractivity contribution is -0.173. The Hall–Kier alpha value is -3.52. The molecular weight excluding hydrogens is 483 g/mol. The van der Waals surface area contributed by atoms with E-state index in [0.29, 0.717) is 26.1 Å². The first-order valence-electron chi connectivity index (χ1n) is 12.2. The van der Waals surface area contributed by atoms with E-state index in [1.165, 1.54) is 0 Å². The number of ether oxygens (including phenoxy) is 3. The van der Waals surface area contributed by atoms with Crippen LogP contribution in [0.25, 0.3) is 22.3 Å². The molecule has 0 radical (unpaired) electrons. The summed E-state index contributed by atoms with van der Waals surface area (Å²) in [6.07, 6.45) is -2.04. The van der Waals surface area contributed by atoms with Crippen LogP contribution in [0.5, 0.6) is 11.5 Å². The molecule has 3 aromatic rings. The van der Waals surface area contributed by atoms with Gasteiger partial charge < -0.3 is 19.5 Å². The van der Waals surface area contributed by atoms with E-state index in [4.69, 9.17) is 14.2 Å². The second-order valence-corrected chi connectivity index (χ2v) is 8.52. The number of methoxy groups -OCH3 is 2. The Morgan fingerprint density at radius 3 is 1.97 bits per heavy atom. The fourth-order valence-electron chi connectivity index (χ4n) is 4.00. The topological polar surface area (TPSA) is 56.8 Å². The summed E-state index contributed by atoms with van der Waals surface area (Å²) in [5.41, 5.74) is 5.32. The molecule has 0 saturated carbocycles. The van der Waals surface area contributed by atoms with Crippen molar-refractivity contribution >= 4 is 5.91 Å². The van der Waals surface area contributed by atoms with E-state index >= 15 is 0 Å². The minimum Gasteiger partial charge on any atom is -0.497 e. The lowest BCUT2D eigenvalue weighted by Gasteiger charge is -2.17. The maximum Gasteiger partial charge on any atom is 0.471 e. The molecule has 0 unspecified atom stereocenters. The Morgan fingerprint density at radius 2 is 1.38 bits per heavy atom. The van der Waals surface area contributed by atoms with Crippen molar-refractivity contribution < 1.29 is 32.2 Å². The summed E-state index contributed by atoms with van der Waals surface area (Å²) < 4.78 is 53.2. The van der Waals surface area contributed by atoms with Gasteiger partial charge in [-0.05, 0) is 64.9 Å². The number of nitrogens with one attached hydrogen (secondary N) is 1. The zero-order chi connectivity index (χ0) is 26.7. The van der Waals surface area contributed by atoms with Crippen molar-refractivity contribution in [3.8, 4) is 33.8 Å². The van der Waals surface area contributed by atoms with Crippen molar-refractivity contribution in [2.75, 3.05) is 27.4 Å². The highest BCUT2D eigenvalue weighted by Crippen LogP contribution is 2.36. The minimum atomic E-state index is -4.83. The number of halogens is 3. The number of benzene rings is 3. The van der Waals surface area contributed by atoms with Crippen LogP contribution in [-0.4, -0.2) is 39.5 Å². The fourth-order valence-corrected chi connectivity index (χ4v) is 4.00. The van der Waals surface area contributed by atoms with Crippen molar-refractivity contribution in [1.29, 1.82) is 0 Å². The van der Waals surface area contributed by atoms with Gasteiger partial charge in [0.2, 0.25) is 0 Å². The maximum atomic E-state index is 12.2. The third-order valence-corrected chi connectivity index (χ3v) is 5.95. The maximum absolute atomic E-state index is 12.2. The summed E-state index contributed by atoms with van der Waals surface area (Å²) in [6, 6.07) is 22.0. The molecule has 3 rings (SSSR count). The molecule has 8 heteroatoms. The normalized spacial score (nSPS) is 11.3. The Labute approximate surface area is 215 Å². The molecule has 1 amide bonds. The number of carbonyl (C=O) groups excluding carboxylic acids is 1. The molecule has 0 aliphatic heterocycles. The van der Waals surface area contributed by atoms with Crippen LogP contribution in [0.1, 0.15) is 31.2 Å². The average Bonchev–Trinajstić information content (AvgIpc) is 2.91. The molecule has 0 aliphatic carbocycles. The quantitative estimate of drug-likeness (QED) is 0.255. The second kappa shape index (κ2) is 13.7. The number of rotatable bonds is 13. The molecule has 1 N–H and O–H groups in total. The molecular formula is C29H32F3NO4. The largest absolute Gasteiger partial charge is 0.497 e. The van der Waals surface area contributed by atoms with E-state index in [0.717, 1.165) is 52.2 Å². The van der Waals surface area contributed by atoms with Gasteiger partial charge in [-0.25, -0.2) is 0 Å². The third kappa shape index (κ3) is 8.25. The first kappa shape index (κ1) is 28.1. The predicted octanol–water partition coefficient (Wildman–Crippen LogP) is 6.79. The van der Waals surface area contributed by atoms with Crippen LogP contribution in [0.4, 0.5) is 13.2 Å². The Kier molecular flexibility index (Phi) is 10.4. The van der Waals surface area contributed by atoms with Gasteiger partial charge in [-0.1, -0.05) is 55.3 Å². The van der Waals surface area contributed by atoms with Gasteiger partial charge in [0.05, 0.1) is 20.8 Å². The van der Waals surface area contributed by atoms with Gasteiger partial charge in [-0.15, -0.1) is 0 Å². The molecule has 0 bridgehead atoms. The molecule has 198 valence electrons. The van der Waals surface area contributed by atoms with E-state index < -0.39 is 12.1 Å². The highest BCUT2D eigenvalue weighted by molar-refractivity contribution is 5.86. The van der Waals surface area contributed by atoms with E-state index in [9.17, 15) is 18.0 Å². The first-order chi connectivity index (χ1) is 17.8. The van der Waals surface area contributed by atoms with Crippen molar-refractivity contribution in [1.82, 2.24) is 5.32 Å². The standard InChI is InChI=1S/C29H32F3NO4/c1-35-24-14-10-21(11-15-24)26-9-7-8-23(27(26)22-12-16-25(36-2)17-13-22)20-37-19-6-4-3-5-18-33-28(34)29(30,31)32/h7-17H,3-6,18-20H2,1-2H3,(H,33,34). The van der Waals surface area contributed by atoms with E-state index in [2.05, 4.69) is 12.1 Å². The number of unbranched alkanes of at least 4 members (excludes halogenated alkanes) is 3. The SMILES string of the molecule is COc1ccc(-c2cccc(COCCCCCCNC(=O)C(F)(F)F)c2-c2ccc(OC)cc2)cc1. The molecule has 3 aromatic carbocycles. The predicted molar refractivity (Wildman–Crippen MR) is 138 cm³/mol. The van der Waals surface area contributed by atoms with Gasteiger partial charge in [-0.3, -0.25) is 4.79 Å². The third-order valence-electron chi connectivity index (χ3n) is 5.95. The summed E-state index contributed by atoms with van der Waals surface area (Å²) >= 11 is 0. The number of carbonyl (C=O) groups is 1. The lowest BCUT2D eigenvalue weighted by Crippen LogP contribution is -2.37. The molecule has 5 nitrogen and oxygen atoms in total. The van der Waals surface area contributed by atoms with Crippen LogP contribution in [0.3, 0.4) is 0 Å². The van der Waals surface area contributed by atoms with Crippen molar-refractivity contribution in [2.24, 2.45) is 0 Å². The molecule has 0 heterocycles. The molecule has 0 spiro atoms. The second-order valence-electron chi connectivity index (χ2n) is 8.52. The number of amides is 1. The van der Waals surface area contributed by atoms with E-state index in [1.807, 2.05) is 59.9 Å². The smallest absolute Gasteiger partial charge is 0.471 e. The van der Waals surface area contributed by atoms with Gasteiger partial charge in [0.1, 0.15) is 11.5 Å². The molecule has 0 atom stereocenters. The first-order valence-corrected chi connectivity index (χ1v) is 12.2. The highest BCUT2D eigenvalue weighted by atomic mass is 19.4. The van der Waals surface area contributed by atoms with Gasteiger partial charge in [0.25, 0.3) is 0 Å². The Morgan fingerprint density at radius 1 is 0.784 bits per heavy atom. The molecule has 0 aliphatic rings. The van der Waals surface area contributed by atoms with Crippen molar-refractivity contribution in [2.45, 2.75) is 38.5 Å². The zero-order valence-corrected chi connectivity index (χ0v) is 21.1. The average molecular weight is 516 g/mol. The molecule has 0 saturated heterocycles. The van der Waals surface area contributed by atoms with Crippen LogP contribution in [0.2, 0.25) is 0 Å². The lowest BCUT2D eigenvalue weighted by atomic mass is 9.90. The van der Waals surface area contributed by atoms with Crippen molar-refractivity contribution in [3.05, 3.63) is 72.3 Å². The number of alkyl halides is 3. The Balaban J connectivity index is 1.61. The summed E-state index contributed by atoms with van der Waals surface area (Å²) in [7, 11) is 3.28. The fraction of sp³-hybridized carbons (Fsp3) is 0.345. The van der Waals surface area contributed by atoms with Crippen molar-refractivity contribution in [3.63, 3.8) is 0 Å². The summed E-state index contributed by atoms with van der Waals surface area (Å²) in [4.78, 5) is 10.8. The van der Waals surface area contributed by atoms with E-state index in [-0.39, 0.29) is 6.54 Å². The molecule has 0 aromatic heterocycles. The monoisotopic (exact) mass is 515 g/mol. The van der Waals surface area contributed by atoms with Crippen LogP contribution < -0.4 is 14.8 Å². The number of hydrogen-bond donors (Lipinski definition) is 1. The summed E-state index contributed by atoms with van der Waals surface area (Å²) in [5.74, 6) is -0.321. The zero-order valence-electron chi connectivity index (χ0n) is 21.1. The van der Waals surface area contributed by atoms with Gasteiger partial charge in [0.15, 0.2) is 0 Å². The van der Waals surface area contributed by atoms with Crippen LogP contribution >= 0.6 is 0 Å². The highest BCUT2D eigenvalue weighted by Gasteiger charge is 2.38. The number of hydrogen-bond acceptors (Lipinski definition) is 4. The Bertz CT molecular complexity index is 1130. The van der Waals surface area contributed by atoms with Crippen LogP contribution in [0.15, 0.2) is 66.7 Å². The summed E-state index contributed by atoms with van der Waals surface area (Å²) in [6.45, 7) is 0.972. The van der Waals surface area contributed by atoms with Gasteiger partial charge in [0, 0.05) is 13.2 Å². The minimum absolute atomic E-state index is 0.0164. The summed E-state index contributed by atoms with van der Waals surface area (Å²) in [5, 5.41) is 1.89.